The minimum Gasteiger partial charge on any atom is -0.310 e. The highest BCUT2D eigenvalue weighted by Crippen LogP contribution is 2.23. The van der Waals surface area contributed by atoms with Gasteiger partial charge in [-0.2, -0.15) is 0 Å². The number of unbranched alkanes of at least 4 members (excludes halogenated alkanes) is 1. The minimum absolute atomic E-state index is 0.396. The molecule has 1 rings (SSSR count). The van der Waals surface area contributed by atoms with E-state index in [1.165, 1.54) is 15.6 Å². The molecule has 0 aliphatic carbocycles. The second-order valence-electron chi connectivity index (χ2n) is 4.99. The van der Waals surface area contributed by atoms with E-state index in [2.05, 4.69) is 26.1 Å². The number of thiophene rings is 1. The van der Waals surface area contributed by atoms with Crippen molar-refractivity contribution in [3.05, 3.63) is 17.0 Å². The van der Waals surface area contributed by atoms with Gasteiger partial charge in [-0.25, -0.2) is 12.7 Å². The van der Waals surface area contributed by atoms with E-state index >= 15 is 0 Å². The van der Waals surface area contributed by atoms with Crippen LogP contribution < -0.4 is 5.32 Å². The molecular weight excluding hydrogens is 280 g/mol. The van der Waals surface area contributed by atoms with Crippen molar-refractivity contribution in [2.75, 3.05) is 13.6 Å². The van der Waals surface area contributed by atoms with Gasteiger partial charge in [0.05, 0.1) is 0 Å². The number of nitrogens with zero attached hydrogens (tertiary/aromatic N) is 1. The Balaban J connectivity index is 2.73. The molecule has 0 unspecified atom stereocenters. The van der Waals surface area contributed by atoms with Gasteiger partial charge in [-0.05, 0) is 23.4 Å². The number of sulfonamides is 1. The smallest absolute Gasteiger partial charge is 0.252 e. The molecule has 1 aromatic rings. The van der Waals surface area contributed by atoms with E-state index in [0.29, 0.717) is 23.3 Å². The summed E-state index contributed by atoms with van der Waals surface area (Å²) in [5.41, 5.74) is 1.03. The van der Waals surface area contributed by atoms with Gasteiger partial charge >= 0.3 is 0 Å². The summed E-state index contributed by atoms with van der Waals surface area (Å²) in [4.78, 5) is 0. The van der Waals surface area contributed by atoms with E-state index in [-0.39, 0.29) is 0 Å². The van der Waals surface area contributed by atoms with Crippen molar-refractivity contribution >= 4 is 21.4 Å². The first-order valence-corrected chi connectivity index (χ1v) is 8.97. The van der Waals surface area contributed by atoms with Gasteiger partial charge in [-0.1, -0.05) is 27.2 Å². The van der Waals surface area contributed by atoms with E-state index in [9.17, 15) is 8.42 Å². The van der Waals surface area contributed by atoms with Crippen LogP contribution in [0.5, 0.6) is 0 Å². The lowest BCUT2D eigenvalue weighted by molar-refractivity contribution is 0.461. The zero-order valence-electron chi connectivity index (χ0n) is 12.1. The van der Waals surface area contributed by atoms with Crippen molar-refractivity contribution in [2.45, 2.75) is 50.4 Å². The van der Waals surface area contributed by atoms with Gasteiger partial charge in [0.2, 0.25) is 0 Å². The predicted molar refractivity (Wildman–Crippen MR) is 81.0 cm³/mol. The molecule has 0 bridgehead atoms. The summed E-state index contributed by atoms with van der Waals surface area (Å²) in [6, 6.07) is 2.17. The third kappa shape index (κ3) is 4.87. The maximum Gasteiger partial charge on any atom is 0.252 e. The Kier molecular flexibility index (Phi) is 6.46. The second-order valence-corrected chi connectivity index (χ2v) is 8.17. The lowest BCUT2D eigenvalue weighted by Gasteiger charge is -2.15. The van der Waals surface area contributed by atoms with Crippen molar-refractivity contribution in [3.63, 3.8) is 0 Å². The Labute approximate surface area is 120 Å². The summed E-state index contributed by atoms with van der Waals surface area (Å²) in [7, 11) is -1.66. The van der Waals surface area contributed by atoms with E-state index < -0.39 is 10.0 Å². The Hall–Kier alpha value is -0.430. The first-order chi connectivity index (χ1) is 8.87. The van der Waals surface area contributed by atoms with Gasteiger partial charge in [-0.15, -0.1) is 11.3 Å². The van der Waals surface area contributed by atoms with Crippen molar-refractivity contribution in [3.8, 4) is 0 Å². The predicted octanol–water partition coefficient (Wildman–Crippen LogP) is 2.67. The quantitative estimate of drug-likeness (QED) is 0.803. The fraction of sp³-hybridized carbons (Fsp3) is 0.692. The topological polar surface area (TPSA) is 49.4 Å². The van der Waals surface area contributed by atoms with Crippen LogP contribution in [0.25, 0.3) is 0 Å². The van der Waals surface area contributed by atoms with E-state index in [4.69, 9.17) is 0 Å². The van der Waals surface area contributed by atoms with Crippen LogP contribution in [-0.4, -0.2) is 32.4 Å². The third-order valence-corrected chi connectivity index (χ3v) is 6.16. The van der Waals surface area contributed by atoms with Crippen LogP contribution in [0.3, 0.4) is 0 Å². The number of rotatable bonds is 8. The van der Waals surface area contributed by atoms with Crippen LogP contribution in [0.2, 0.25) is 0 Å². The van der Waals surface area contributed by atoms with Crippen molar-refractivity contribution in [1.29, 1.82) is 0 Å². The van der Waals surface area contributed by atoms with Crippen LogP contribution >= 0.6 is 11.3 Å². The summed E-state index contributed by atoms with van der Waals surface area (Å²) in [6.45, 7) is 7.49. The van der Waals surface area contributed by atoms with Crippen LogP contribution in [-0.2, 0) is 16.6 Å². The summed E-state index contributed by atoms with van der Waals surface area (Å²) in [5, 5.41) is 5.20. The number of nitrogens with one attached hydrogen (secondary N) is 1. The highest BCUT2D eigenvalue weighted by atomic mass is 32.2. The molecule has 1 aromatic heterocycles. The molecule has 0 atom stereocenters. The molecule has 0 amide bonds. The van der Waals surface area contributed by atoms with Crippen LogP contribution in [0, 0.1) is 0 Å². The largest absolute Gasteiger partial charge is 0.310 e. The molecule has 0 spiro atoms. The van der Waals surface area contributed by atoms with Crippen molar-refractivity contribution in [1.82, 2.24) is 9.62 Å². The van der Waals surface area contributed by atoms with Crippen LogP contribution in [0.15, 0.2) is 15.7 Å². The lowest BCUT2D eigenvalue weighted by atomic mass is 10.3. The minimum atomic E-state index is -3.30. The summed E-state index contributed by atoms with van der Waals surface area (Å²) in [5.74, 6) is 0. The Morgan fingerprint density at radius 3 is 2.68 bits per heavy atom. The average molecular weight is 304 g/mol. The molecule has 0 saturated carbocycles. The zero-order valence-corrected chi connectivity index (χ0v) is 13.8. The molecule has 6 heteroatoms. The van der Waals surface area contributed by atoms with Crippen LogP contribution in [0.1, 0.15) is 39.2 Å². The van der Waals surface area contributed by atoms with Gasteiger partial charge < -0.3 is 5.32 Å². The molecule has 110 valence electrons. The third-order valence-electron chi connectivity index (χ3n) is 2.84. The highest BCUT2D eigenvalue weighted by Gasteiger charge is 2.22. The van der Waals surface area contributed by atoms with Gasteiger partial charge in [0, 0.05) is 26.2 Å². The van der Waals surface area contributed by atoms with Gasteiger partial charge in [-0.3, -0.25) is 0 Å². The highest BCUT2D eigenvalue weighted by molar-refractivity contribution is 7.91. The van der Waals surface area contributed by atoms with E-state index in [0.717, 1.165) is 18.4 Å². The molecular formula is C13H24N2O2S2. The molecule has 4 nitrogen and oxygen atoms in total. The fourth-order valence-corrected chi connectivity index (χ4v) is 4.19. The van der Waals surface area contributed by atoms with Gasteiger partial charge in [0.15, 0.2) is 0 Å². The standard InChI is InChI=1S/C13H24N2O2S2/c1-5-6-7-15(4)19(16,17)13-8-12(10-18-13)9-14-11(2)3/h8,10-11,14H,5-7,9H2,1-4H3. The molecule has 0 fully saturated rings. The Morgan fingerprint density at radius 1 is 1.42 bits per heavy atom. The molecule has 0 aromatic carbocycles. The summed E-state index contributed by atoms with van der Waals surface area (Å²) >= 11 is 1.30. The second kappa shape index (κ2) is 7.38. The maximum atomic E-state index is 12.3. The molecule has 0 radical (unpaired) electrons. The Morgan fingerprint density at radius 2 is 2.11 bits per heavy atom. The summed E-state index contributed by atoms with van der Waals surface area (Å²) < 4.78 is 26.5. The zero-order chi connectivity index (χ0) is 14.5. The number of hydrogen-bond acceptors (Lipinski definition) is 4. The number of hydrogen-bond donors (Lipinski definition) is 1. The van der Waals surface area contributed by atoms with Gasteiger partial charge in [0.25, 0.3) is 10.0 Å². The molecule has 1 heterocycles. The molecule has 1 N–H and O–H groups in total. The van der Waals surface area contributed by atoms with Crippen molar-refractivity contribution in [2.24, 2.45) is 0 Å². The lowest BCUT2D eigenvalue weighted by Crippen LogP contribution is -2.27. The molecule has 0 aliphatic rings. The maximum absolute atomic E-state index is 12.3. The van der Waals surface area contributed by atoms with Crippen molar-refractivity contribution < 1.29 is 8.42 Å². The van der Waals surface area contributed by atoms with E-state index in [1.54, 1.807) is 13.1 Å². The first kappa shape index (κ1) is 16.6. The van der Waals surface area contributed by atoms with E-state index in [1.807, 2.05) is 5.38 Å². The Bertz CT molecular complexity index is 481. The van der Waals surface area contributed by atoms with Crippen LogP contribution in [0.4, 0.5) is 0 Å². The van der Waals surface area contributed by atoms with Gasteiger partial charge in [0.1, 0.15) is 4.21 Å². The average Bonchev–Trinajstić information content (AvgIpc) is 2.82. The SMILES string of the molecule is CCCCN(C)S(=O)(=O)c1cc(CNC(C)C)cs1. The normalized spacial score (nSPS) is 12.5. The fourth-order valence-electron chi connectivity index (χ4n) is 1.56. The molecule has 19 heavy (non-hydrogen) atoms. The molecule has 0 saturated heterocycles. The first-order valence-electron chi connectivity index (χ1n) is 6.65. The summed E-state index contributed by atoms with van der Waals surface area (Å²) in [6.07, 6.45) is 1.89. The monoisotopic (exact) mass is 304 g/mol. The molecule has 0 aliphatic heterocycles.